The number of nitrogens with zero attached hydrogens (tertiary/aromatic N) is 2. The molecule has 3 rings (SSSR count). The Balaban J connectivity index is 1.65. The van der Waals surface area contributed by atoms with Crippen molar-refractivity contribution >= 4 is 11.8 Å². The van der Waals surface area contributed by atoms with Crippen molar-refractivity contribution in [2.45, 2.75) is 12.5 Å². The monoisotopic (exact) mass is 367 g/mol. The van der Waals surface area contributed by atoms with Crippen LogP contribution in [0.5, 0.6) is 5.75 Å². The summed E-state index contributed by atoms with van der Waals surface area (Å²) in [5.41, 5.74) is 7.80. The quantitative estimate of drug-likeness (QED) is 0.847. The van der Waals surface area contributed by atoms with Gasteiger partial charge in [0.15, 0.2) is 6.61 Å². The molecule has 2 aromatic carbocycles. The first kappa shape index (κ1) is 18.9. The smallest absolute Gasteiger partial charge is 0.255 e. The maximum absolute atomic E-state index is 12.7. The van der Waals surface area contributed by atoms with Crippen LogP contribution in [-0.2, 0) is 4.79 Å². The Labute approximate surface area is 159 Å². The van der Waals surface area contributed by atoms with Crippen LogP contribution < -0.4 is 10.5 Å². The Kier molecular flexibility index (Phi) is 5.76. The number of likely N-dealkylation sites (N-methyl/N-ethyl adjacent to an activating group) is 1. The Hall–Kier alpha value is -2.86. The summed E-state index contributed by atoms with van der Waals surface area (Å²) in [6, 6.07) is 15.5. The molecule has 1 atom stereocenters. The van der Waals surface area contributed by atoms with Gasteiger partial charge >= 0.3 is 0 Å². The van der Waals surface area contributed by atoms with Crippen molar-refractivity contribution < 1.29 is 14.3 Å². The first-order chi connectivity index (χ1) is 12.9. The number of rotatable bonds is 6. The number of carbonyl (C=O) groups excluding carboxylic acids is 2. The largest absolute Gasteiger partial charge is 0.484 e. The molecule has 0 radical (unpaired) electrons. The van der Waals surface area contributed by atoms with E-state index < -0.39 is 5.91 Å². The van der Waals surface area contributed by atoms with E-state index >= 15 is 0 Å². The zero-order valence-electron chi connectivity index (χ0n) is 15.7. The lowest BCUT2D eigenvalue weighted by atomic mass is 10.0. The minimum atomic E-state index is -0.505. The molecule has 0 bridgehead atoms. The van der Waals surface area contributed by atoms with Crippen LogP contribution >= 0.6 is 0 Å². The summed E-state index contributed by atoms with van der Waals surface area (Å²) in [4.78, 5) is 27.5. The van der Waals surface area contributed by atoms with E-state index in [4.69, 9.17) is 10.5 Å². The summed E-state index contributed by atoms with van der Waals surface area (Å²) < 4.78 is 5.26. The van der Waals surface area contributed by atoms with E-state index in [-0.39, 0.29) is 12.5 Å². The van der Waals surface area contributed by atoms with Gasteiger partial charge in [-0.1, -0.05) is 24.3 Å². The number of likely N-dealkylation sites (tertiary alicyclic amines) is 1. The number of benzene rings is 2. The van der Waals surface area contributed by atoms with Crippen molar-refractivity contribution in [3.63, 3.8) is 0 Å². The van der Waals surface area contributed by atoms with Gasteiger partial charge in [-0.2, -0.15) is 0 Å². The van der Waals surface area contributed by atoms with Gasteiger partial charge in [0.05, 0.1) is 0 Å². The van der Waals surface area contributed by atoms with Gasteiger partial charge in [0, 0.05) is 24.7 Å². The third kappa shape index (κ3) is 4.65. The number of primary amides is 1. The Morgan fingerprint density at radius 1 is 1.07 bits per heavy atom. The Morgan fingerprint density at radius 3 is 2.19 bits per heavy atom. The maximum Gasteiger partial charge on any atom is 0.255 e. The summed E-state index contributed by atoms with van der Waals surface area (Å²) in [5, 5.41) is 0. The predicted molar refractivity (Wildman–Crippen MR) is 105 cm³/mol. The fourth-order valence-corrected chi connectivity index (χ4v) is 3.23. The van der Waals surface area contributed by atoms with Crippen molar-refractivity contribution in [2.75, 3.05) is 33.8 Å². The van der Waals surface area contributed by atoms with Crippen LogP contribution in [0.1, 0.15) is 16.8 Å². The highest BCUT2D eigenvalue weighted by molar-refractivity contribution is 5.95. The van der Waals surface area contributed by atoms with Crippen LogP contribution in [0.25, 0.3) is 11.1 Å². The number of ether oxygens (including phenoxy) is 1. The maximum atomic E-state index is 12.7. The van der Waals surface area contributed by atoms with Gasteiger partial charge in [-0.15, -0.1) is 0 Å². The highest BCUT2D eigenvalue weighted by atomic mass is 16.5. The second-order valence-corrected chi connectivity index (χ2v) is 7.01. The van der Waals surface area contributed by atoms with Gasteiger partial charge in [-0.05, 0) is 55.9 Å². The molecule has 6 heteroatoms. The second-order valence-electron chi connectivity index (χ2n) is 7.01. The van der Waals surface area contributed by atoms with E-state index in [9.17, 15) is 9.59 Å². The average Bonchev–Trinajstić information content (AvgIpc) is 3.17. The van der Waals surface area contributed by atoms with Crippen LogP contribution in [0.4, 0.5) is 0 Å². The molecule has 142 valence electrons. The summed E-state index contributed by atoms with van der Waals surface area (Å²) >= 11 is 0. The average molecular weight is 367 g/mol. The van der Waals surface area contributed by atoms with Crippen LogP contribution in [0.2, 0.25) is 0 Å². The SMILES string of the molecule is CN(C)[C@@H]1CCN(C(=O)c2ccc(-c3ccc(OCC(N)=O)cc3)cc2)C1. The standard InChI is InChI=1S/C21H25N3O3/c1-23(2)18-11-12-24(13-18)21(26)17-5-3-15(4-6-17)16-7-9-19(10-8-16)27-14-20(22)25/h3-10,18H,11-14H2,1-2H3,(H2,22,25)/t18-/m1/s1. The molecular formula is C21H25N3O3. The van der Waals surface area contributed by atoms with Crippen LogP contribution in [0.3, 0.4) is 0 Å². The number of hydrogen-bond acceptors (Lipinski definition) is 4. The van der Waals surface area contributed by atoms with E-state index in [0.29, 0.717) is 17.4 Å². The van der Waals surface area contributed by atoms with Gasteiger partial charge in [-0.3, -0.25) is 9.59 Å². The van der Waals surface area contributed by atoms with Gasteiger partial charge in [0.25, 0.3) is 11.8 Å². The third-order valence-electron chi connectivity index (χ3n) is 4.88. The third-order valence-corrected chi connectivity index (χ3v) is 4.88. The van der Waals surface area contributed by atoms with Crippen molar-refractivity contribution in [3.8, 4) is 16.9 Å². The first-order valence-electron chi connectivity index (χ1n) is 9.01. The minimum absolute atomic E-state index is 0.0844. The predicted octanol–water partition coefficient (Wildman–Crippen LogP) is 1.99. The molecule has 2 aromatic rings. The molecule has 0 aromatic heterocycles. The van der Waals surface area contributed by atoms with Crippen molar-refractivity contribution in [1.82, 2.24) is 9.80 Å². The molecule has 1 saturated heterocycles. The number of amides is 2. The Morgan fingerprint density at radius 2 is 1.67 bits per heavy atom. The molecule has 1 fully saturated rings. The molecule has 1 heterocycles. The molecule has 1 aliphatic heterocycles. The van der Waals surface area contributed by atoms with Crippen molar-refractivity contribution in [3.05, 3.63) is 54.1 Å². The lowest BCUT2D eigenvalue weighted by Gasteiger charge is -2.20. The molecule has 6 nitrogen and oxygen atoms in total. The molecule has 1 aliphatic rings. The van der Waals surface area contributed by atoms with Gasteiger partial charge in [0.1, 0.15) is 5.75 Å². The highest BCUT2D eigenvalue weighted by Gasteiger charge is 2.27. The fraction of sp³-hybridized carbons (Fsp3) is 0.333. The summed E-state index contributed by atoms with van der Waals surface area (Å²) in [7, 11) is 4.11. The summed E-state index contributed by atoms with van der Waals surface area (Å²) in [6.07, 6.45) is 1.01. The molecule has 27 heavy (non-hydrogen) atoms. The van der Waals surface area contributed by atoms with Crippen LogP contribution in [0.15, 0.2) is 48.5 Å². The minimum Gasteiger partial charge on any atom is -0.484 e. The lowest BCUT2D eigenvalue weighted by molar-refractivity contribution is -0.119. The second kappa shape index (κ2) is 8.22. The van der Waals surface area contributed by atoms with Gasteiger partial charge in [-0.25, -0.2) is 0 Å². The van der Waals surface area contributed by atoms with Crippen molar-refractivity contribution in [2.24, 2.45) is 5.73 Å². The zero-order chi connectivity index (χ0) is 19.4. The van der Waals surface area contributed by atoms with Crippen molar-refractivity contribution in [1.29, 1.82) is 0 Å². The number of hydrogen-bond donors (Lipinski definition) is 1. The first-order valence-corrected chi connectivity index (χ1v) is 9.01. The summed E-state index contributed by atoms with van der Waals surface area (Å²) in [5.74, 6) is 0.171. The molecular weight excluding hydrogens is 342 g/mol. The molecule has 2 N–H and O–H groups in total. The summed E-state index contributed by atoms with van der Waals surface area (Å²) in [6.45, 7) is 1.44. The lowest BCUT2D eigenvalue weighted by Crippen LogP contribution is -2.34. The van der Waals surface area contributed by atoms with Crippen LogP contribution in [-0.4, -0.2) is 61.4 Å². The number of nitrogens with two attached hydrogens (primary N) is 1. The number of carbonyl (C=O) groups is 2. The molecule has 0 aliphatic carbocycles. The Bertz CT molecular complexity index is 800. The van der Waals surface area contributed by atoms with E-state index in [0.717, 1.165) is 30.6 Å². The van der Waals surface area contributed by atoms with E-state index in [1.165, 1.54) is 0 Å². The molecule has 0 unspecified atom stereocenters. The normalized spacial score (nSPS) is 16.6. The molecule has 0 spiro atoms. The fourth-order valence-electron chi connectivity index (χ4n) is 3.23. The van der Waals surface area contributed by atoms with E-state index in [1.54, 1.807) is 12.1 Å². The highest BCUT2D eigenvalue weighted by Crippen LogP contribution is 2.24. The van der Waals surface area contributed by atoms with E-state index in [2.05, 4.69) is 19.0 Å². The topological polar surface area (TPSA) is 75.9 Å². The van der Waals surface area contributed by atoms with Gasteiger partial charge < -0.3 is 20.3 Å². The van der Waals surface area contributed by atoms with Crippen LogP contribution in [0, 0.1) is 0 Å². The van der Waals surface area contributed by atoms with Gasteiger partial charge in [0.2, 0.25) is 0 Å². The molecule has 2 amide bonds. The van der Waals surface area contributed by atoms with E-state index in [1.807, 2.05) is 41.3 Å². The molecule has 0 saturated carbocycles. The zero-order valence-corrected chi connectivity index (χ0v) is 15.7.